The van der Waals surface area contributed by atoms with Gasteiger partial charge in [0.2, 0.25) is 11.8 Å². The maximum atomic E-state index is 13.8. The van der Waals surface area contributed by atoms with E-state index in [0.717, 1.165) is 18.5 Å². The zero-order chi connectivity index (χ0) is 30.1. The summed E-state index contributed by atoms with van der Waals surface area (Å²) in [6, 6.07) is 19.6. The summed E-state index contributed by atoms with van der Waals surface area (Å²) in [7, 11) is 0. The standard InChI is InChI=1S/C31H33ClFN5O4/c1-19(37-30(40)27-16-23(13-14-35-27)21-5-3-2-4-6-21)29(39)36-17-20-7-9-22(10-8-20)28(34)38-31(41)42-18-24-15-25(32)11-12-26(24)33/h2-12,15,19,23,27,35H,13-14,16-18H2,1H3,(H,36,39)(H,37,40)(H2,34,38,41)/t19-,23-,27?/m0/s1. The normalized spacial score (nSPS) is 17.0. The van der Waals surface area contributed by atoms with Gasteiger partial charge in [-0.25, -0.2) is 9.18 Å². The van der Waals surface area contributed by atoms with Gasteiger partial charge in [0.05, 0.1) is 6.04 Å². The number of benzene rings is 3. The fourth-order valence-corrected chi connectivity index (χ4v) is 4.86. The molecule has 3 aromatic carbocycles. The number of hydrogen-bond donors (Lipinski definition) is 5. The maximum Gasteiger partial charge on any atom is 0.413 e. The third kappa shape index (κ3) is 8.61. The smallest absolute Gasteiger partial charge is 0.413 e. The lowest BCUT2D eigenvalue weighted by Gasteiger charge is -2.30. The average molecular weight is 594 g/mol. The minimum absolute atomic E-state index is 0.117. The zero-order valence-corrected chi connectivity index (χ0v) is 23.8. The summed E-state index contributed by atoms with van der Waals surface area (Å²) in [5, 5.41) is 19.6. The van der Waals surface area contributed by atoms with E-state index in [9.17, 15) is 18.8 Å². The number of amidine groups is 1. The highest BCUT2D eigenvalue weighted by Crippen LogP contribution is 2.27. The Balaban J connectivity index is 1.19. The van der Waals surface area contributed by atoms with Gasteiger partial charge >= 0.3 is 6.09 Å². The summed E-state index contributed by atoms with van der Waals surface area (Å²) >= 11 is 5.84. The molecule has 1 heterocycles. The summed E-state index contributed by atoms with van der Waals surface area (Å²) in [5.41, 5.74) is 2.50. The summed E-state index contributed by atoms with van der Waals surface area (Å²) < 4.78 is 18.8. The average Bonchev–Trinajstić information content (AvgIpc) is 3.01. The molecule has 0 bridgehead atoms. The van der Waals surface area contributed by atoms with Crippen molar-refractivity contribution in [3.63, 3.8) is 0 Å². The van der Waals surface area contributed by atoms with Crippen LogP contribution in [0.5, 0.6) is 0 Å². The second kappa shape index (κ2) is 14.6. The van der Waals surface area contributed by atoms with E-state index < -0.39 is 18.0 Å². The van der Waals surface area contributed by atoms with E-state index in [-0.39, 0.29) is 48.3 Å². The maximum absolute atomic E-state index is 13.8. The minimum atomic E-state index is -0.911. The molecule has 0 saturated carbocycles. The monoisotopic (exact) mass is 593 g/mol. The lowest BCUT2D eigenvalue weighted by atomic mass is 9.86. The first kappa shape index (κ1) is 30.7. The summed E-state index contributed by atoms with van der Waals surface area (Å²) in [5.74, 6) is -0.999. The van der Waals surface area contributed by atoms with Crippen molar-refractivity contribution in [2.24, 2.45) is 0 Å². The van der Waals surface area contributed by atoms with E-state index in [1.165, 1.54) is 23.8 Å². The topological polar surface area (TPSA) is 132 Å². The van der Waals surface area contributed by atoms with E-state index in [0.29, 0.717) is 17.0 Å². The Bertz CT molecular complexity index is 1420. The third-order valence-corrected chi connectivity index (χ3v) is 7.28. The van der Waals surface area contributed by atoms with Crippen LogP contribution in [0.15, 0.2) is 72.8 Å². The number of hydrogen-bond acceptors (Lipinski definition) is 6. The van der Waals surface area contributed by atoms with Crippen LogP contribution in [0.1, 0.15) is 47.9 Å². The van der Waals surface area contributed by atoms with E-state index in [4.69, 9.17) is 21.7 Å². The number of ether oxygens (including phenoxy) is 1. The van der Waals surface area contributed by atoms with Gasteiger partial charge in [-0.3, -0.25) is 20.3 Å². The third-order valence-electron chi connectivity index (χ3n) is 7.05. The van der Waals surface area contributed by atoms with Crippen molar-refractivity contribution >= 4 is 35.3 Å². The lowest BCUT2D eigenvalue weighted by molar-refractivity contribution is -0.130. The van der Waals surface area contributed by atoms with Crippen LogP contribution >= 0.6 is 11.6 Å². The number of piperidine rings is 1. The molecule has 3 atom stereocenters. The van der Waals surface area contributed by atoms with Crippen molar-refractivity contribution < 1.29 is 23.5 Å². The number of nitrogens with one attached hydrogen (secondary N) is 5. The second-order valence-corrected chi connectivity index (χ2v) is 10.5. The molecule has 3 amide bonds. The van der Waals surface area contributed by atoms with Gasteiger partial charge in [0.15, 0.2) is 0 Å². The van der Waals surface area contributed by atoms with E-state index >= 15 is 0 Å². The predicted molar refractivity (Wildman–Crippen MR) is 158 cm³/mol. The Morgan fingerprint density at radius 3 is 2.57 bits per heavy atom. The molecule has 1 aliphatic heterocycles. The highest BCUT2D eigenvalue weighted by molar-refractivity contribution is 6.30. The molecular formula is C31H33ClFN5O4. The molecular weight excluding hydrogens is 561 g/mol. The Kier molecular flexibility index (Phi) is 10.6. The van der Waals surface area contributed by atoms with Gasteiger partial charge in [-0.05, 0) is 61.6 Å². The minimum Gasteiger partial charge on any atom is -0.444 e. The van der Waals surface area contributed by atoms with Crippen molar-refractivity contribution in [3.8, 4) is 0 Å². The Morgan fingerprint density at radius 1 is 1.10 bits per heavy atom. The van der Waals surface area contributed by atoms with Gasteiger partial charge < -0.3 is 20.7 Å². The second-order valence-electron chi connectivity index (χ2n) is 10.1. The van der Waals surface area contributed by atoms with Crippen LogP contribution in [0.3, 0.4) is 0 Å². The molecule has 5 N–H and O–H groups in total. The van der Waals surface area contributed by atoms with Gasteiger partial charge in [0.1, 0.15) is 24.3 Å². The Morgan fingerprint density at radius 2 is 1.83 bits per heavy atom. The van der Waals surface area contributed by atoms with Gasteiger partial charge in [-0.2, -0.15) is 0 Å². The van der Waals surface area contributed by atoms with Crippen molar-refractivity contribution in [1.82, 2.24) is 21.3 Å². The fourth-order valence-electron chi connectivity index (χ4n) is 4.66. The van der Waals surface area contributed by atoms with Crippen molar-refractivity contribution in [3.05, 3.63) is 106 Å². The number of amides is 3. The van der Waals surface area contributed by atoms with E-state index in [1.807, 2.05) is 18.2 Å². The van der Waals surface area contributed by atoms with Crippen molar-refractivity contribution in [2.75, 3.05) is 6.54 Å². The molecule has 4 rings (SSSR count). The number of carbonyl (C=O) groups is 3. The fraction of sp³-hybridized carbons (Fsp3) is 0.290. The molecule has 3 aromatic rings. The van der Waals surface area contributed by atoms with E-state index in [1.54, 1.807) is 31.2 Å². The molecule has 0 aromatic heterocycles. The van der Waals surface area contributed by atoms with Crippen LogP contribution < -0.4 is 21.3 Å². The lowest BCUT2D eigenvalue weighted by Crippen LogP contribution is -2.53. The molecule has 0 spiro atoms. The molecule has 220 valence electrons. The van der Waals surface area contributed by atoms with Crippen molar-refractivity contribution in [2.45, 2.75) is 50.9 Å². The van der Waals surface area contributed by atoms with Gasteiger partial charge in [0, 0.05) is 22.7 Å². The summed E-state index contributed by atoms with van der Waals surface area (Å²) in [6.07, 6.45) is 0.706. The molecule has 1 saturated heterocycles. The van der Waals surface area contributed by atoms with Gasteiger partial charge in [-0.15, -0.1) is 0 Å². The van der Waals surface area contributed by atoms with E-state index in [2.05, 4.69) is 33.4 Å². The largest absolute Gasteiger partial charge is 0.444 e. The molecule has 0 radical (unpaired) electrons. The molecule has 42 heavy (non-hydrogen) atoms. The molecule has 1 unspecified atom stereocenters. The number of rotatable bonds is 9. The van der Waals surface area contributed by atoms with Gasteiger partial charge in [0.25, 0.3) is 0 Å². The first-order chi connectivity index (χ1) is 20.2. The van der Waals surface area contributed by atoms with Crippen LogP contribution in [-0.4, -0.2) is 42.4 Å². The molecule has 9 nitrogen and oxygen atoms in total. The first-order valence-electron chi connectivity index (χ1n) is 13.6. The molecule has 11 heteroatoms. The Hall–Kier alpha value is -4.28. The van der Waals surface area contributed by atoms with Crippen LogP contribution in [-0.2, 0) is 27.5 Å². The quantitative estimate of drug-likeness (QED) is 0.185. The highest BCUT2D eigenvalue weighted by atomic mass is 35.5. The van der Waals surface area contributed by atoms with Crippen LogP contribution in [0.4, 0.5) is 9.18 Å². The zero-order valence-electron chi connectivity index (χ0n) is 23.1. The number of carbonyl (C=O) groups excluding carboxylic acids is 3. The van der Waals surface area contributed by atoms with Crippen LogP contribution in [0.25, 0.3) is 0 Å². The summed E-state index contributed by atoms with van der Waals surface area (Å²) in [6.45, 7) is 2.24. The van der Waals surface area contributed by atoms with Crippen LogP contribution in [0.2, 0.25) is 5.02 Å². The molecule has 1 fully saturated rings. The summed E-state index contributed by atoms with van der Waals surface area (Å²) in [4.78, 5) is 37.5. The molecule has 1 aliphatic rings. The number of alkyl carbamates (subject to hydrolysis) is 1. The number of halogens is 2. The Labute approximate surface area is 248 Å². The van der Waals surface area contributed by atoms with Gasteiger partial charge in [-0.1, -0.05) is 66.2 Å². The SMILES string of the molecule is C[C@H](NC(=O)C1C[C@@H](c2ccccc2)CCN1)C(=O)NCc1ccc(C(=N)NC(=O)OCc2cc(Cl)ccc2F)cc1. The first-order valence-corrected chi connectivity index (χ1v) is 14.0. The highest BCUT2D eigenvalue weighted by Gasteiger charge is 2.29. The van der Waals surface area contributed by atoms with Crippen molar-refractivity contribution in [1.29, 1.82) is 5.41 Å². The predicted octanol–water partition coefficient (Wildman–Crippen LogP) is 4.39. The molecule has 0 aliphatic carbocycles. The van der Waals surface area contributed by atoms with Crippen LogP contribution in [0, 0.1) is 11.2 Å².